The first-order valence-corrected chi connectivity index (χ1v) is 37.6. The van der Waals surface area contributed by atoms with E-state index in [0.717, 1.165) is 103 Å². The van der Waals surface area contributed by atoms with Gasteiger partial charge in [-0.2, -0.15) is 0 Å². The molecule has 0 saturated carbocycles. The van der Waals surface area contributed by atoms with Crippen molar-refractivity contribution in [3.8, 4) is 0 Å². The normalized spacial score (nSPS) is 11.8. The number of hydrogen-bond donors (Lipinski definition) is 0. The third kappa shape index (κ3) is 73.8. The molecule has 0 heterocycles. The van der Waals surface area contributed by atoms with Gasteiger partial charge in [-0.05, 0) is 101 Å². The third-order valence-electron chi connectivity index (χ3n) is 12.8. The Morgan fingerprint density at radius 2 is 0.275 bits per heavy atom. The fourth-order valence-corrected chi connectivity index (χ4v) is 14.6. The average Bonchev–Trinajstić information content (AvgIpc) is 3.29. The fourth-order valence-electron chi connectivity index (χ4n) is 8.10. The van der Waals surface area contributed by atoms with Crippen LogP contribution in [0.3, 0.4) is 0 Å². The molecule has 69 heavy (non-hydrogen) atoms. The van der Waals surface area contributed by atoms with Gasteiger partial charge in [0, 0.05) is 29.5 Å². The van der Waals surface area contributed by atoms with Crippen molar-refractivity contribution in [2.45, 2.75) is 312 Å². The first-order chi connectivity index (χ1) is 32.5. The second-order valence-corrected chi connectivity index (χ2v) is 30.5. The number of hydrogen-bond acceptors (Lipinski definition) is 8. The zero-order chi connectivity index (χ0) is 51.9. The molecule has 0 aliphatic carbocycles. The van der Waals surface area contributed by atoms with Gasteiger partial charge in [0.2, 0.25) is 0 Å². The van der Waals surface area contributed by atoms with E-state index in [-0.39, 0.29) is 21.1 Å². The van der Waals surface area contributed by atoms with Crippen LogP contribution in [0.15, 0.2) is 0 Å². The zero-order valence-electron chi connectivity index (χ0n) is 47.4. The monoisotopic (exact) mass is 1140 g/mol. The van der Waals surface area contributed by atoms with Gasteiger partial charge in [0.05, 0.1) is 0 Å². The molecule has 0 aromatic heterocycles. The molecule has 0 radical (unpaired) electrons. The second kappa shape index (κ2) is 60.3. The van der Waals surface area contributed by atoms with Gasteiger partial charge in [0.25, 0.3) is 0 Å². The van der Waals surface area contributed by atoms with Crippen LogP contribution in [0.5, 0.6) is 0 Å². The molecule has 0 saturated heterocycles. The molecular weight excluding hydrogens is 1020 g/mol. The van der Waals surface area contributed by atoms with Gasteiger partial charge < -0.3 is 37.8 Å². The Hall–Kier alpha value is 1.45. The standard InChI is InChI=1S/4C14H31O2P.Mo/c4*1-3-5-7-9-11-13-17(15,16)14-12-10-8-6-4-2;/h4*3-14H2,1-2H3,(H,15,16);/q;;;;+4/p-4. The van der Waals surface area contributed by atoms with E-state index < -0.39 is 29.5 Å². The van der Waals surface area contributed by atoms with Gasteiger partial charge in [-0.1, -0.05) is 261 Å². The summed E-state index contributed by atoms with van der Waals surface area (Å²) in [5, 5.41) is 0. The Labute approximate surface area is 447 Å². The summed E-state index contributed by atoms with van der Waals surface area (Å²) >= 11 is 0. The SMILES string of the molecule is CCCCCCCP(=O)([O-])CCCCCCC.CCCCCCCP(=O)([O-])CCCCCCC.CCCCCCCP(=O)([O-])CCCCCCC.CCCCCCCP(=O)([O-])CCCCCCC.[Mo+4]. The summed E-state index contributed by atoms with van der Waals surface area (Å²) in [5.41, 5.74) is 0. The number of unbranched alkanes of at least 4 members (excludes halogenated alkanes) is 32. The van der Waals surface area contributed by atoms with E-state index in [4.69, 9.17) is 0 Å². The van der Waals surface area contributed by atoms with E-state index in [1.165, 1.54) is 154 Å². The van der Waals surface area contributed by atoms with Crippen molar-refractivity contribution in [2.24, 2.45) is 0 Å². The molecule has 0 unspecified atom stereocenters. The first kappa shape index (κ1) is 79.3. The Balaban J connectivity index is -0.000000263. The van der Waals surface area contributed by atoms with E-state index in [1.807, 2.05) is 0 Å². The van der Waals surface area contributed by atoms with Crippen LogP contribution in [-0.2, 0) is 39.3 Å². The Bertz CT molecular complexity index is 929. The van der Waals surface area contributed by atoms with Crippen LogP contribution in [0.25, 0.3) is 0 Å². The molecule has 0 amide bonds. The quantitative estimate of drug-likeness (QED) is 0.0330. The summed E-state index contributed by atoms with van der Waals surface area (Å²) in [6, 6.07) is 0. The predicted octanol–water partition coefficient (Wildman–Crippen LogP) is 18.3. The maximum absolute atomic E-state index is 11.7. The smallest absolute Gasteiger partial charge is 0.799 e. The zero-order valence-corrected chi connectivity index (χ0v) is 53.0. The van der Waals surface area contributed by atoms with Crippen LogP contribution in [0, 0.1) is 0 Å². The van der Waals surface area contributed by atoms with Gasteiger partial charge in [-0.25, -0.2) is 0 Å². The molecule has 0 bridgehead atoms. The maximum atomic E-state index is 11.7. The molecule has 418 valence electrons. The molecule has 13 heteroatoms. The van der Waals surface area contributed by atoms with Crippen molar-refractivity contribution in [1.82, 2.24) is 0 Å². The van der Waals surface area contributed by atoms with E-state index in [9.17, 15) is 37.8 Å². The minimum atomic E-state index is -3.04. The summed E-state index contributed by atoms with van der Waals surface area (Å²) < 4.78 is 46.9. The van der Waals surface area contributed by atoms with Crippen molar-refractivity contribution < 1.29 is 58.9 Å². The van der Waals surface area contributed by atoms with E-state index in [1.54, 1.807) is 0 Å². The van der Waals surface area contributed by atoms with Crippen molar-refractivity contribution in [3.63, 3.8) is 0 Å². The molecule has 0 aromatic rings. The molecule has 0 aliphatic heterocycles. The van der Waals surface area contributed by atoms with Crippen LogP contribution in [0.1, 0.15) is 312 Å². The molecule has 8 nitrogen and oxygen atoms in total. The Morgan fingerprint density at radius 1 is 0.188 bits per heavy atom. The van der Waals surface area contributed by atoms with Crippen LogP contribution < -0.4 is 19.6 Å². The van der Waals surface area contributed by atoms with Crippen LogP contribution in [0.2, 0.25) is 0 Å². The Morgan fingerprint density at radius 3 is 0.362 bits per heavy atom. The molecule has 0 N–H and O–H groups in total. The molecule has 0 aliphatic rings. The van der Waals surface area contributed by atoms with Gasteiger partial charge in [-0.15, -0.1) is 0 Å². The molecule has 0 atom stereocenters. The third-order valence-corrected chi connectivity index (χ3v) is 20.8. The molecule has 0 fully saturated rings. The van der Waals surface area contributed by atoms with Crippen molar-refractivity contribution in [2.75, 3.05) is 49.3 Å². The van der Waals surface area contributed by atoms with Crippen molar-refractivity contribution in [1.29, 1.82) is 0 Å². The number of rotatable bonds is 48. The van der Waals surface area contributed by atoms with Gasteiger partial charge in [-0.3, -0.25) is 0 Å². The average molecular weight is 1140 g/mol. The van der Waals surface area contributed by atoms with Gasteiger partial charge in [0.1, 0.15) is 0 Å². The molecule has 0 rings (SSSR count). The fraction of sp³-hybridized carbons (Fsp3) is 1.00. The van der Waals surface area contributed by atoms with Crippen molar-refractivity contribution in [3.05, 3.63) is 0 Å². The second-order valence-electron chi connectivity index (χ2n) is 20.4. The molecule has 0 aromatic carbocycles. The van der Waals surface area contributed by atoms with Gasteiger partial charge >= 0.3 is 21.1 Å². The maximum Gasteiger partial charge on any atom is 4.00 e. The van der Waals surface area contributed by atoms with Crippen LogP contribution in [0.4, 0.5) is 0 Å². The minimum absolute atomic E-state index is 0. The van der Waals surface area contributed by atoms with E-state index in [0.29, 0.717) is 49.3 Å². The molecular formula is C56H120MoO8P4. The summed E-state index contributed by atoms with van der Waals surface area (Å²) in [5.74, 6) is 0. The van der Waals surface area contributed by atoms with Crippen LogP contribution >= 0.6 is 29.5 Å². The largest absolute Gasteiger partial charge is 4.00 e. The summed E-state index contributed by atoms with van der Waals surface area (Å²) in [6.45, 7) is 17.4. The van der Waals surface area contributed by atoms with Gasteiger partial charge in [0.15, 0.2) is 0 Å². The predicted molar refractivity (Wildman–Crippen MR) is 299 cm³/mol. The van der Waals surface area contributed by atoms with E-state index in [2.05, 4.69) is 55.4 Å². The summed E-state index contributed by atoms with van der Waals surface area (Å²) in [6.07, 6.45) is 48.2. The van der Waals surface area contributed by atoms with E-state index >= 15 is 0 Å². The van der Waals surface area contributed by atoms with Crippen LogP contribution in [-0.4, -0.2) is 49.3 Å². The Kier molecular flexibility index (Phi) is 69.3. The first-order valence-electron chi connectivity index (χ1n) is 29.6. The topological polar surface area (TPSA) is 161 Å². The summed E-state index contributed by atoms with van der Waals surface area (Å²) in [7, 11) is -12.2. The summed E-state index contributed by atoms with van der Waals surface area (Å²) in [4.78, 5) is 46.9. The minimum Gasteiger partial charge on any atom is -0.799 e. The van der Waals surface area contributed by atoms with Crippen molar-refractivity contribution >= 4 is 29.5 Å². The molecule has 0 spiro atoms.